The lowest BCUT2D eigenvalue weighted by Crippen LogP contribution is -2.37. The number of hydrogen-bond donors (Lipinski definition) is 0. The lowest BCUT2D eigenvalue weighted by Gasteiger charge is -2.30. The topological polar surface area (TPSA) is 29.5 Å². The Labute approximate surface area is 307 Å². The van der Waals surface area contributed by atoms with Gasteiger partial charge in [0.25, 0.3) is 0 Å². The molecule has 0 aromatic rings. The fourth-order valence-electron chi connectivity index (χ4n) is 6.57. The van der Waals surface area contributed by atoms with E-state index >= 15 is 0 Å². The largest absolute Gasteiger partial charge is 0.462 e. The van der Waals surface area contributed by atoms with Gasteiger partial charge in [-0.2, -0.15) is 0 Å². The predicted octanol–water partition coefficient (Wildman–Crippen LogP) is 14.8. The van der Waals surface area contributed by atoms with Gasteiger partial charge in [-0.1, -0.05) is 133 Å². The molecule has 0 spiro atoms. The van der Waals surface area contributed by atoms with Crippen LogP contribution in [0.1, 0.15) is 215 Å². The van der Waals surface area contributed by atoms with E-state index in [1.54, 1.807) is 0 Å². The maximum atomic E-state index is 12.8. The molecule has 0 amide bonds. The average molecular weight is 684 g/mol. The van der Waals surface area contributed by atoms with Crippen LogP contribution in [-0.2, 0) is 9.53 Å². The molecular weight excluding hydrogens is 599 g/mol. The number of carbonyl (C=O) groups excluding carboxylic acids is 1. The number of unbranched alkanes of at least 4 members (excludes halogenated alkanes) is 17. The van der Waals surface area contributed by atoms with E-state index in [0.717, 1.165) is 38.6 Å². The van der Waals surface area contributed by atoms with Crippen LogP contribution in [0.5, 0.6) is 0 Å². The summed E-state index contributed by atoms with van der Waals surface area (Å²) in [6, 6.07) is 1.01. The highest BCUT2D eigenvalue weighted by molar-refractivity contribution is 5.69. The second kappa shape index (κ2) is 37.6. The lowest BCUT2D eigenvalue weighted by molar-refractivity contribution is -0.150. The Hall–Kier alpha value is -1.61. The third-order valence-corrected chi connectivity index (χ3v) is 9.63. The lowest BCUT2D eigenvalue weighted by atomic mass is 10.0. The quantitative estimate of drug-likeness (QED) is 0.0374. The first kappa shape index (κ1) is 47.4. The van der Waals surface area contributed by atoms with Gasteiger partial charge < -0.3 is 4.74 Å². The summed E-state index contributed by atoms with van der Waals surface area (Å²) in [5.41, 5.74) is 0. The Bertz CT molecular complexity index is 800. The van der Waals surface area contributed by atoms with Crippen LogP contribution in [0.3, 0.4) is 0 Å². The van der Waals surface area contributed by atoms with Crippen LogP contribution in [-0.4, -0.2) is 35.6 Å². The minimum atomic E-state index is 0.0140. The molecule has 0 aliphatic carbocycles. The van der Waals surface area contributed by atoms with Gasteiger partial charge in [0.15, 0.2) is 0 Å². The molecule has 49 heavy (non-hydrogen) atoms. The molecule has 0 saturated heterocycles. The third-order valence-electron chi connectivity index (χ3n) is 9.63. The van der Waals surface area contributed by atoms with Gasteiger partial charge >= 0.3 is 5.97 Å². The van der Waals surface area contributed by atoms with Gasteiger partial charge in [-0.25, -0.2) is 0 Å². The number of carbonyl (C=O) groups is 1. The molecule has 0 aliphatic heterocycles. The minimum Gasteiger partial charge on any atom is -0.462 e. The van der Waals surface area contributed by atoms with E-state index < -0.39 is 0 Å². The van der Waals surface area contributed by atoms with Gasteiger partial charge in [-0.3, -0.25) is 9.69 Å². The molecule has 1 atom stereocenters. The highest BCUT2D eigenvalue weighted by Crippen LogP contribution is 2.18. The molecule has 0 saturated carbocycles. The Morgan fingerprint density at radius 1 is 0.490 bits per heavy atom. The first-order chi connectivity index (χ1) is 23.9. The van der Waals surface area contributed by atoms with Gasteiger partial charge in [-0.05, 0) is 131 Å². The van der Waals surface area contributed by atoms with Gasteiger partial charge in [-0.15, -0.1) is 0 Å². The van der Waals surface area contributed by atoms with Crippen LogP contribution < -0.4 is 0 Å². The molecule has 0 aliphatic rings. The Morgan fingerprint density at radius 2 is 0.857 bits per heavy atom. The van der Waals surface area contributed by atoms with Crippen molar-refractivity contribution in [3.05, 3.63) is 48.6 Å². The van der Waals surface area contributed by atoms with Crippen LogP contribution in [0.4, 0.5) is 0 Å². The van der Waals surface area contributed by atoms with Gasteiger partial charge in [0, 0.05) is 18.5 Å². The van der Waals surface area contributed by atoms with Crippen LogP contribution in [0.2, 0.25) is 0 Å². The third kappa shape index (κ3) is 34.6. The first-order valence-corrected chi connectivity index (χ1v) is 21.5. The zero-order valence-electron chi connectivity index (χ0n) is 33.9. The summed E-state index contributed by atoms with van der Waals surface area (Å²) >= 11 is 0. The van der Waals surface area contributed by atoms with Gasteiger partial charge in [0.1, 0.15) is 6.10 Å². The molecule has 3 heteroatoms. The van der Waals surface area contributed by atoms with E-state index in [0.29, 0.717) is 18.5 Å². The molecule has 0 N–H and O–H groups in total. The Morgan fingerprint density at radius 3 is 1.24 bits per heavy atom. The molecule has 0 bridgehead atoms. The number of ether oxygens (including phenoxy) is 1. The normalized spacial score (nSPS) is 13.2. The monoisotopic (exact) mass is 684 g/mol. The molecule has 0 fully saturated rings. The van der Waals surface area contributed by atoms with E-state index in [9.17, 15) is 4.79 Å². The smallest absolute Gasteiger partial charge is 0.306 e. The summed E-state index contributed by atoms with van der Waals surface area (Å²) in [5, 5.41) is 0. The van der Waals surface area contributed by atoms with Crippen molar-refractivity contribution in [2.45, 2.75) is 233 Å². The standard InChI is InChI=1S/C46H85NO2/c1-7-9-11-13-15-17-19-21-23-25-27-29-31-33-35-37-40-45(49-46(48)41-38-42-47(43(3)4)44(5)6)39-36-34-32-30-28-26-24-22-20-18-16-14-12-10-8-2/h15-18,21-24,43-45H,7-14,19-20,25-42H2,1-6H3. The Kier molecular flexibility index (Phi) is 36.4. The maximum Gasteiger partial charge on any atom is 0.306 e. The van der Waals surface area contributed by atoms with Crippen molar-refractivity contribution < 1.29 is 9.53 Å². The van der Waals surface area contributed by atoms with Crippen molar-refractivity contribution in [3.63, 3.8) is 0 Å². The molecule has 3 nitrogen and oxygen atoms in total. The van der Waals surface area contributed by atoms with Crippen molar-refractivity contribution in [2.24, 2.45) is 0 Å². The summed E-state index contributed by atoms with van der Waals surface area (Å²) in [7, 11) is 0. The molecule has 0 radical (unpaired) electrons. The summed E-state index contributed by atoms with van der Waals surface area (Å²) in [5.74, 6) is 0.0140. The van der Waals surface area contributed by atoms with Crippen LogP contribution in [0.25, 0.3) is 0 Å². The van der Waals surface area contributed by atoms with Crippen LogP contribution in [0.15, 0.2) is 48.6 Å². The molecular formula is C46H85NO2. The van der Waals surface area contributed by atoms with Gasteiger partial charge in [0.05, 0.1) is 0 Å². The fraction of sp³-hybridized carbons (Fsp3) is 0.804. The first-order valence-electron chi connectivity index (χ1n) is 21.5. The highest BCUT2D eigenvalue weighted by atomic mass is 16.5. The minimum absolute atomic E-state index is 0.0140. The van der Waals surface area contributed by atoms with E-state index in [4.69, 9.17) is 4.74 Å². The predicted molar refractivity (Wildman–Crippen MR) is 219 cm³/mol. The number of hydrogen-bond acceptors (Lipinski definition) is 3. The average Bonchev–Trinajstić information content (AvgIpc) is 3.07. The second-order valence-electron chi connectivity index (χ2n) is 15.0. The molecule has 0 aromatic carbocycles. The molecule has 0 aromatic heterocycles. The van der Waals surface area contributed by atoms with Crippen molar-refractivity contribution in [1.29, 1.82) is 0 Å². The number of nitrogens with zero attached hydrogens (tertiary/aromatic N) is 1. The van der Waals surface area contributed by atoms with Crippen molar-refractivity contribution >= 4 is 5.97 Å². The maximum absolute atomic E-state index is 12.8. The Balaban J connectivity index is 4.29. The summed E-state index contributed by atoms with van der Waals surface area (Å²) in [6.07, 6.45) is 51.3. The number of allylic oxidation sites excluding steroid dienone is 8. The SMILES string of the molecule is CCCCCC=CCC=CCCCCCCCCC(CCCCCCCC=CCC=CCCCCC)OC(=O)CCCN(C(C)C)C(C)C. The molecule has 0 rings (SSSR count). The van der Waals surface area contributed by atoms with Crippen molar-refractivity contribution in [2.75, 3.05) is 6.54 Å². The summed E-state index contributed by atoms with van der Waals surface area (Å²) in [6.45, 7) is 14.5. The molecule has 1 unspecified atom stereocenters. The van der Waals surface area contributed by atoms with Crippen LogP contribution >= 0.6 is 0 Å². The fourth-order valence-corrected chi connectivity index (χ4v) is 6.57. The molecule has 286 valence electrons. The second-order valence-corrected chi connectivity index (χ2v) is 15.0. The van der Waals surface area contributed by atoms with Crippen LogP contribution in [0, 0.1) is 0 Å². The van der Waals surface area contributed by atoms with E-state index in [-0.39, 0.29) is 12.1 Å². The molecule has 0 heterocycles. The summed E-state index contributed by atoms with van der Waals surface area (Å²) in [4.78, 5) is 15.3. The number of rotatable bonds is 36. The van der Waals surface area contributed by atoms with E-state index in [2.05, 4.69) is 95.1 Å². The zero-order valence-corrected chi connectivity index (χ0v) is 33.9. The summed E-state index contributed by atoms with van der Waals surface area (Å²) < 4.78 is 6.11. The van der Waals surface area contributed by atoms with Crippen molar-refractivity contribution in [1.82, 2.24) is 4.90 Å². The van der Waals surface area contributed by atoms with E-state index in [1.165, 1.54) is 135 Å². The zero-order chi connectivity index (χ0) is 36.0. The van der Waals surface area contributed by atoms with Gasteiger partial charge in [0.2, 0.25) is 0 Å². The van der Waals surface area contributed by atoms with Crippen molar-refractivity contribution in [3.8, 4) is 0 Å². The van der Waals surface area contributed by atoms with E-state index in [1.807, 2.05) is 0 Å². The number of esters is 1. The highest BCUT2D eigenvalue weighted by Gasteiger charge is 2.17.